The van der Waals surface area contributed by atoms with E-state index in [9.17, 15) is 5.26 Å². The molecule has 8 aliphatic carbocycles. The van der Waals surface area contributed by atoms with E-state index in [0.29, 0.717) is 5.92 Å². The Bertz CT molecular complexity index is 2420. The summed E-state index contributed by atoms with van der Waals surface area (Å²) in [6, 6.07) is 8.11. The molecule has 8 unspecified atom stereocenters. The third kappa shape index (κ3) is 6.29. The monoisotopic (exact) mass is 825 g/mol. The van der Waals surface area contributed by atoms with Gasteiger partial charge in [0.15, 0.2) is 0 Å². The van der Waals surface area contributed by atoms with Crippen molar-refractivity contribution in [3.8, 4) is 6.07 Å². The van der Waals surface area contributed by atoms with Crippen molar-refractivity contribution in [2.75, 3.05) is 9.80 Å². The Balaban J connectivity index is 1.02. The van der Waals surface area contributed by atoms with Crippen LogP contribution in [-0.2, 0) is 4.74 Å². The van der Waals surface area contributed by atoms with E-state index in [2.05, 4.69) is 125 Å². The molecule has 0 amide bonds. The number of benzene rings is 1. The number of hydrogen-bond donors (Lipinski definition) is 3. The summed E-state index contributed by atoms with van der Waals surface area (Å²) in [6.07, 6.45) is 45.4. The average Bonchev–Trinajstić information content (AvgIpc) is 3.78. The van der Waals surface area contributed by atoms with E-state index in [1.165, 1.54) is 87.5 Å². The summed E-state index contributed by atoms with van der Waals surface area (Å²) in [7, 11) is 0. The first-order chi connectivity index (χ1) is 30.5. The summed E-state index contributed by atoms with van der Waals surface area (Å²) in [4.78, 5) is 5.39. The summed E-state index contributed by atoms with van der Waals surface area (Å²) in [6.45, 7) is 4.84. The topological polar surface area (TPSA) is 75.6 Å². The smallest absolute Gasteiger partial charge is 0.119 e. The van der Waals surface area contributed by atoms with Gasteiger partial charge in [0, 0.05) is 40.6 Å². The minimum atomic E-state index is -0.187. The molecule has 3 aliphatic heterocycles. The van der Waals surface area contributed by atoms with Crippen molar-refractivity contribution in [1.29, 1.82) is 5.26 Å². The van der Waals surface area contributed by atoms with Gasteiger partial charge in [-0.3, -0.25) is 16.0 Å². The predicted molar refractivity (Wildman–Crippen MR) is 249 cm³/mol. The van der Waals surface area contributed by atoms with Crippen LogP contribution in [0.25, 0.3) is 0 Å². The van der Waals surface area contributed by atoms with Gasteiger partial charge in [-0.25, -0.2) is 0 Å². The Morgan fingerprint density at radius 2 is 1.61 bits per heavy atom. The summed E-state index contributed by atoms with van der Waals surface area (Å²) >= 11 is 0. The van der Waals surface area contributed by atoms with Crippen molar-refractivity contribution in [2.24, 2.45) is 17.3 Å². The standard InChI is InChI=1S/C55H64N6O/c1-55(2)42-21-9-6-18-37(42)40-30-35(28-29-43(40)55)53-57-52(34-16-4-3-5-17-34)58-54(59-53)41-31-36(33-56)48(60-44-22-10-7-19-38(44)39-20-8-11-23-45(39)60)32-49(41)61-46-24-12-14-26-50(46)62-51-27-15-13-25-47(51)61/h3-4,7,11,16,18-19,21,23,29-32,35,39,45-46,50,52-54,57-59H,5-6,8-10,12-15,17,20,22,24-28H2,1-2H3. The van der Waals surface area contributed by atoms with Gasteiger partial charge in [-0.2, -0.15) is 5.26 Å². The van der Waals surface area contributed by atoms with Crippen LogP contribution >= 0.6 is 0 Å². The molecule has 0 aromatic heterocycles. The second kappa shape index (κ2) is 15.6. The summed E-state index contributed by atoms with van der Waals surface area (Å²) in [5, 5.41) is 23.9. The van der Waals surface area contributed by atoms with Crippen LogP contribution < -0.4 is 25.8 Å². The zero-order chi connectivity index (χ0) is 41.5. The summed E-state index contributed by atoms with van der Waals surface area (Å²) in [5.74, 6) is 1.95. The summed E-state index contributed by atoms with van der Waals surface area (Å²) < 4.78 is 7.00. The average molecular weight is 825 g/mol. The van der Waals surface area contributed by atoms with Crippen LogP contribution in [0.2, 0.25) is 0 Å². The van der Waals surface area contributed by atoms with Crippen molar-refractivity contribution in [1.82, 2.24) is 16.0 Å². The largest absolute Gasteiger partial charge is 0.491 e. The van der Waals surface area contributed by atoms with Gasteiger partial charge in [0.1, 0.15) is 17.9 Å². The van der Waals surface area contributed by atoms with Crippen LogP contribution in [0.3, 0.4) is 0 Å². The molecule has 7 nitrogen and oxygen atoms in total. The number of rotatable bonds is 5. The maximum Gasteiger partial charge on any atom is 0.119 e. The maximum atomic E-state index is 11.3. The highest BCUT2D eigenvalue weighted by molar-refractivity contribution is 5.77. The van der Waals surface area contributed by atoms with Crippen molar-refractivity contribution in [3.63, 3.8) is 0 Å². The molecule has 11 aliphatic rings. The van der Waals surface area contributed by atoms with E-state index >= 15 is 0 Å². The van der Waals surface area contributed by atoms with Gasteiger partial charge in [0.2, 0.25) is 0 Å². The van der Waals surface area contributed by atoms with Gasteiger partial charge < -0.3 is 14.5 Å². The van der Waals surface area contributed by atoms with E-state index in [1.54, 1.807) is 0 Å². The molecular weight excluding hydrogens is 761 g/mol. The third-order valence-corrected chi connectivity index (χ3v) is 16.6. The number of ether oxygens (including phenoxy) is 1. The van der Waals surface area contributed by atoms with Crippen molar-refractivity contribution in [2.45, 2.75) is 160 Å². The quantitative estimate of drug-likeness (QED) is 0.255. The first-order valence-corrected chi connectivity index (χ1v) is 24.6. The van der Waals surface area contributed by atoms with Gasteiger partial charge in [0.25, 0.3) is 0 Å². The normalized spacial score (nSPS) is 34.3. The van der Waals surface area contributed by atoms with Crippen molar-refractivity contribution in [3.05, 3.63) is 141 Å². The molecular formula is C55H64N6O. The molecule has 12 rings (SSSR count). The highest BCUT2D eigenvalue weighted by Crippen LogP contribution is 2.57. The van der Waals surface area contributed by atoms with E-state index in [-0.39, 0.29) is 48.0 Å². The summed E-state index contributed by atoms with van der Waals surface area (Å²) in [5.41, 5.74) is 16.0. The molecule has 1 aromatic carbocycles. The lowest BCUT2D eigenvalue weighted by Crippen LogP contribution is -2.66. The Kier molecular flexibility index (Phi) is 9.80. The minimum absolute atomic E-state index is 0.00700. The van der Waals surface area contributed by atoms with Crippen LogP contribution in [0.1, 0.15) is 140 Å². The molecule has 1 saturated heterocycles. The van der Waals surface area contributed by atoms with Crippen molar-refractivity contribution < 1.29 is 4.74 Å². The lowest BCUT2D eigenvalue weighted by molar-refractivity contribution is 0.0375. The number of fused-ring (bicyclic) bond motifs is 6. The molecule has 7 heteroatoms. The maximum absolute atomic E-state index is 11.3. The van der Waals surface area contributed by atoms with Gasteiger partial charge in [-0.1, -0.05) is 87.1 Å². The Labute approximate surface area is 369 Å². The van der Waals surface area contributed by atoms with Crippen LogP contribution in [0.15, 0.2) is 130 Å². The van der Waals surface area contributed by atoms with Gasteiger partial charge >= 0.3 is 0 Å². The zero-order valence-electron chi connectivity index (χ0n) is 36.9. The first kappa shape index (κ1) is 39.0. The van der Waals surface area contributed by atoms with Crippen molar-refractivity contribution >= 4 is 11.4 Å². The van der Waals surface area contributed by atoms with E-state index < -0.39 is 0 Å². The number of anilines is 2. The predicted octanol–water partition coefficient (Wildman–Crippen LogP) is 11.5. The van der Waals surface area contributed by atoms with Crippen LogP contribution in [0.5, 0.6) is 0 Å². The Morgan fingerprint density at radius 1 is 0.758 bits per heavy atom. The van der Waals surface area contributed by atoms with Gasteiger partial charge in [-0.15, -0.1) is 0 Å². The van der Waals surface area contributed by atoms with Gasteiger partial charge in [0.05, 0.1) is 47.5 Å². The fraction of sp³-hybridized carbons (Fsp3) is 0.509. The molecule has 320 valence electrons. The second-order valence-electron chi connectivity index (χ2n) is 20.4. The Morgan fingerprint density at radius 3 is 2.52 bits per heavy atom. The fourth-order valence-corrected chi connectivity index (χ4v) is 13.6. The number of nitrogens with one attached hydrogen (secondary N) is 3. The molecule has 0 spiro atoms. The van der Waals surface area contributed by atoms with Crippen LogP contribution in [0.4, 0.5) is 11.4 Å². The van der Waals surface area contributed by atoms with E-state index in [4.69, 9.17) is 4.74 Å². The molecule has 3 fully saturated rings. The Hall–Kier alpha value is -4.61. The highest BCUT2D eigenvalue weighted by atomic mass is 16.5. The van der Waals surface area contributed by atoms with Crippen LogP contribution in [0, 0.1) is 28.6 Å². The first-order valence-electron chi connectivity index (χ1n) is 24.6. The molecule has 62 heavy (non-hydrogen) atoms. The molecule has 3 heterocycles. The zero-order valence-corrected chi connectivity index (χ0v) is 36.9. The van der Waals surface area contributed by atoms with Crippen LogP contribution in [-0.4, -0.2) is 30.5 Å². The lowest BCUT2D eigenvalue weighted by atomic mass is 9.78. The minimum Gasteiger partial charge on any atom is -0.491 e. The van der Waals surface area contributed by atoms with E-state index in [0.717, 1.165) is 94.7 Å². The SMILES string of the molecule is CC1(C)C2=CCCC=C2C2=CC(C3NC(C4=CC=CCC4)NC(c4cc(C#N)c(N5C6=C(C=CCC6)C6CCC=CC65)cc4N4C5=C(CCCC5)OC5CCCCC54)N3)CC=C21. The fourth-order valence-electron chi connectivity index (χ4n) is 13.6. The second-order valence-corrected chi connectivity index (χ2v) is 20.4. The lowest BCUT2D eigenvalue weighted by Gasteiger charge is -2.50. The number of allylic oxidation sites excluding steroid dienone is 16. The van der Waals surface area contributed by atoms with E-state index in [1.807, 2.05) is 0 Å². The molecule has 3 N–H and O–H groups in total. The molecule has 1 aromatic rings. The molecule has 8 atom stereocenters. The number of hydrogen-bond acceptors (Lipinski definition) is 7. The van der Waals surface area contributed by atoms with Gasteiger partial charge in [-0.05, 0) is 142 Å². The molecule has 0 radical (unpaired) electrons. The third-order valence-electron chi connectivity index (χ3n) is 16.6. The highest BCUT2D eigenvalue weighted by Gasteiger charge is 2.47. The molecule has 2 saturated carbocycles. The number of nitriles is 1. The molecule has 0 bridgehead atoms. The number of nitrogens with zero attached hydrogens (tertiary/aromatic N) is 3.